The molecule has 2 aromatic carbocycles. The zero-order valence-corrected chi connectivity index (χ0v) is 9.96. The lowest BCUT2D eigenvalue weighted by molar-refractivity contribution is 0.496. The van der Waals surface area contributed by atoms with E-state index in [2.05, 4.69) is 15.4 Å². The van der Waals surface area contributed by atoms with E-state index in [0.717, 1.165) is 0 Å². The number of hydrogen-bond donors (Lipinski definition) is 0. The van der Waals surface area contributed by atoms with E-state index in [4.69, 9.17) is 0 Å². The average Bonchev–Trinajstić information content (AvgIpc) is 2.93. The molecule has 0 radical (unpaired) electrons. The van der Waals surface area contributed by atoms with Crippen molar-refractivity contribution in [2.75, 3.05) is 0 Å². The first-order valence-corrected chi connectivity index (χ1v) is 5.65. The summed E-state index contributed by atoms with van der Waals surface area (Å²) in [4.78, 5) is 1.18. The molecule has 0 aliphatic heterocycles. The molecule has 0 saturated heterocycles. The molecule has 0 unspecified atom stereocenters. The van der Waals surface area contributed by atoms with Crippen LogP contribution in [0.2, 0.25) is 0 Å². The van der Waals surface area contributed by atoms with E-state index in [1.54, 1.807) is 24.3 Å². The van der Waals surface area contributed by atoms with Gasteiger partial charge in [-0.1, -0.05) is 18.2 Å². The number of rotatable bonds is 2. The standard InChI is InChI=1S/C13H7F3N4/c14-10-7-12(16)11(15)6-9(10)13-17-19-20(18-13)8-4-2-1-3-5-8/h1-7H. The third kappa shape index (κ3) is 2.13. The molecular formula is C13H7F3N4. The summed E-state index contributed by atoms with van der Waals surface area (Å²) in [5.74, 6) is -3.50. The molecule has 0 bridgehead atoms. The smallest absolute Gasteiger partial charge is 0.206 e. The Bertz CT molecular complexity index is 756. The van der Waals surface area contributed by atoms with Crippen molar-refractivity contribution in [3.05, 3.63) is 59.9 Å². The first kappa shape index (κ1) is 12.3. The molecule has 0 spiro atoms. The van der Waals surface area contributed by atoms with Gasteiger partial charge in [0.05, 0.1) is 11.3 Å². The van der Waals surface area contributed by atoms with Crippen molar-refractivity contribution >= 4 is 0 Å². The van der Waals surface area contributed by atoms with Crippen molar-refractivity contribution in [1.29, 1.82) is 0 Å². The lowest BCUT2D eigenvalue weighted by Gasteiger charge is -1.99. The summed E-state index contributed by atoms with van der Waals surface area (Å²) in [6, 6.07) is 9.98. The normalized spacial score (nSPS) is 10.8. The maximum absolute atomic E-state index is 13.6. The SMILES string of the molecule is Fc1cc(F)c(-c2nnn(-c3ccccc3)n2)cc1F. The number of halogens is 3. The van der Waals surface area contributed by atoms with E-state index in [-0.39, 0.29) is 11.4 Å². The first-order valence-electron chi connectivity index (χ1n) is 5.65. The van der Waals surface area contributed by atoms with E-state index in [1.807, 2.05) is 6.07 Å². The van der Waals surface area contributed by atoms with Crippen LogP contribution in [-0.2, 0) is 0 Å². The van der Waals surface area contributed by atoms with Gasteiger partial charge in [-0.15, -0.1) is 15.0 Å². The topological polar surface area (TPSA) is 43.6 Å². The molecular weight excluding hydrogens is 269 g/mol. The minimum absolute atomic E-state index is 0.120. The van der Waals surface area contributed by atoms with Crippen LogP contribution < -0.4 is 0 Å². The Morgan fingerprint density at radius 1 is 0.850 bits per heavy atom. The van der Waals surface area contributed by atoms with Gasteiger partial charge in [0.2, 0.25) is 5.82 Å². The number of aromatic nitrogens is 4. The van der Waals surface area contributed by atoms with Gasteiger partial charge in [-0.25, -0.2) is 13.2 Å². The van der Waals surface area contributed by atoms with Gasteiger partial charge in [-0.05, 0) is 23.4 Å². The van der Waals surface area contributed by atoms with Crippen LogP contribution in [0.5, 0.6) is 0 Å². The van der Waals surface area contributed by atoms with Crippen molar-refractivity contribution < 1.29 is 13.2 Å². The van der Waals surface area contributed by atoms with Gasteiger partial charge in [0.1, 0.15) is 5.82 Å². The molecule has 0 aliphatic rings. The average molecular weight is 276 g/mol. The van der Waals surface area contributed by atoms with Crippen LogP contribution >= 0.6 is 0 Å². The second-order valence-corrected chi connectivity index (χ2v) is 3.98. The van der Waals surface area contributed by atoms with Crippen LogP contribution in [0.1, 0.15) is 0 Å². The minimum Gasteiger partial charge on any atom is -0.206 e. The van der Waals surface area contributed by atoms with Gasteiger partial charge in [0.15, 0.2) is 11.6 Å². The van der Waals surface area contributed by atoms with Crippen LogP contribution in [0.25, 0.3) is 17.1 Å². The fourth-order valence-electron chi connectivity index (χ4n) is 1.69. The molecule has 4 nitrogen and oxygen atoms in total. The Morgan fingerprint density at radius 2 is 1.55 bits per heavy atom. The molecule has 0 aliphatic carbocycles. The Morgan fingerprint density at radius 3 is 2.30 bits per heavy atom. The highest BCUT2D eigenvalue weighted by Gasteiger charge is 2.16. The van der Waals surface area contributed by atoms with Crippen molar-refractivity contribution in [2.45, 2.75) is 0 Å². The van der Waals surface area contributed by atoms with Crippen molar-refractivity contribution in [2.24, 2.45) is 0 Å². The van der Waals surface area contributed by atoms with Gasteiger partial charge in [0.25, 0.3) is 0 Å². The van der Waals surface area contributed by atoms with Gasteiger partial charge in [-0.3, -0.25) is 0 Å². The summed E-state index contributed by atoms with van der Waals surface area (Å²) in [5, 5.41) is 11.3. The van der Waals surface area contributed by atoms with E-state index < -0.39 is 17.5 Å². The molecule has 3 aromatic rings. The molecule has 0 atom stereocenters. The Balaban J connectivity index is 2.05. The summed E-state index contributed by atoms with van der Waals surface area (Å²) in [5.41, 5.74) is 0.375. The van der Waals surface area contributed by atoms with Gasteiger partial charge in [-0.2, -0.15) is 0 Å². The van der Waals surface area contributed by atoms with Crippen LogP contribution in [0.4, 0.5) is 13.2 Å². The third-order valence-corrected chi connectivity index (χ3v) is 2.65. The first-order chi connectivity index (χ1) is 9.65. The zero-order valence-electron chi connectivity index (χ0n) is 9.96. The number of benzene rings is 2. The fraction of sp³-hybridized carbons (Fsp3) is 0. The summed E-state index contributed by atoms with van der Waals surface area (Å²) in [6.07, 6.45) is 0. The Kier molecular flexibility index (Phi) is 2.94. The molecule has 0 fully saturated rings. The molecule has 100 valence electrons. The lowest BCUT2D eigenvalue weighted by atomic mass is 10.2. The summed E-state index contributed by atoms with van der Waals surface area (Å²) in [6.45, 7) is 0. The predicted octanol–water partition coefficient (Wildman–Crippen LogP) is 2.75. The van der Waals surface area contributed by atoms with E-state index >= 15 is 0 Å². The second-order valence-electron chi connectivity index (χ2n) is 3.98. The monoisotopic (exact) mass is 276 g/mol. The second kappa shape index (κ2) is 4.76. The molecule has 0 N–H and O–H groups in total. The van der Waals surface area contributed by atoms with Crippen molar-refractivity contribution in [3.8, 4) is 17.1 Å². The molecule has 1 heterocycles. The largest absolute Gasteiger partial charge is 0.208 e. The van der Waals surface area contributed by atoms with Gasteiger partial charge in [0, 0.05) is 6.07 Å². The van der Waals surface area contributed by atoms with Crippen LogP contribution in [0, 0.1) is 17.5 Å². The highest BCUT2D eigenvalue weighted by atomic mass is 19.2. The van der Waals surface area contributed by atoms with Gasteiger partial charge < -0.3 is 0 Å². The molecule has 0 amide bonds. The summed E-state index contributed by atoms with van der Waals surface area (Å²) >= 11 is 0. The van der Waals surface area contributed by atoms with Crippen molar-refractivity contribution in [1.82, 2.24) is 20.2 Å². The van der Waals surface area contributed by atoms with Gasteiger partial charge >= 0.3 is 0 Å². The number of nitrogens with zero attached hydrogens (tertiary/aromatic N) is 4. The molecule has 20 heavy (non-hydrogen) atoms. The quantitative estimate of drug-likeness (QED) is 0.676. The van der Waals surface area contributed by atoms with E-state index in [9.17, 15) is 13.2 Å². The maximum Gasteiger partial charge on any atom is 0.208 e. The third-order valence-electron chi connectivity index (χ3n) is 2.65. The predicted molar refractivity (Wildman–Crippen MR) is 64.5 cm³/mol. The molecule has 0 saturated carbocycles. The molecule has 7 heteroatoms. The highest BCUT2D eigenvalue weighted by molar-refractivity contribution is 5.55. The summed E-state index contributed by atoms with van der Waals surface area (Å²) < 4.78 is 39.6. The van der Waals surface area contributed by atoms with Crippen LogP contribution in [0.15, 0.2) is 42.5 Å². The molecule has 1 aromatic heterocycles. The number of para-hydroxylation sites is 1. The van der Waals surface area contributed by atoms with Crippen molar-refractivity contribution in [3.63, 3.8) is 0 Å². The maximum atomic E-state index is 13.6. The minimum atomic E-state index is -1.26. The van der Waals surface area contributed by atoms with Crippen LogP contribution in [0.3, 0.4) is 0 Å². The fourth-order valence-corrected chi connectivity index (χ4v) is 1.69. The summed E-state index contributed by atoms with van der Waals surface area (Å²) in [7, 11) is 0. The Labute approximate surface area is 111 Å². The van der Waals surface area contributed by atoms with E-state index in [1.165, 1.54) is 4.80 Å². The van der Waals surface area contributed by atoms with Crippen LogP contribution in [-0.4, -0.2) is 20.2 Å². The number of tetrazole rings is 1. The number of hydrogen-bond acceptors (Lipinski definition) is 3. The Hall–Kier alpha value is -2.70. The van der Waals surface area contributed by atoms with E-state index in [0.29, 0.717) is 17.8 Å². The highest BCUT2D eigenvalue weighted by Crippen LogP contribution is 2.22. The zero-order chi connectivity index (χ0) is 14.1. The molecule has 3 rings (SSSR count). The lowest BCUT2D eigenvalue weighted by Crippen LogP contribution is -1.98.